The Morgan fingerprint density at radius 1 is 1.13 bits per heavy atom. The van der Waals surface area contributed by atoms with Crippen LogP contribution in [0.4, 0.5) is 0 Å². The van der Waals surface area contributed by atoms with E-state index in [1.54, 1.807) is 0 Å². The zero-order valence-corrected chi connectivity index (χ0v) is 11.7. The maximum Gasteiger partial charge on any atom is 0 e. The first-order valence-corrected chi connectivity index (χ1v) is 6.95. The maximum atomic E-state index is 3.07. The van der Waals surface area contributed by atoms with E-state index in [4.69, 9.17) is 0 Å². The second kappa shape index (κ2) is 16.4. The van der Waals surface area contributed by atoms with Crippen molar-refractivity contribution >= 4 is 0 Å². The van der Waals surface area contributed by atoms with Crippen LogP contribution in [0.25, 0.3) is 0 Å². The highest BCUT2D eigenvalue weighted by Gasteiger charge is 2.05. The fourth-order valence-corrected chi connectivity index (χ4v) is 1.66. The first-order chi connectivity index (χ1) is 7.31. The van der Waals surface area contributed by atoms with Crippen molar-refractivity contribution in [1.29, 1.82) is 0 Å². The van der Waals surface area contributed by atoms with Gasteiger partial charge in [-0.2, -0.15) is 0 Å². The zero-order chi connectivity index (χ0) is 11.9. The van der Waals surface area contributed by atoms with Gasteiger partial charge < -0.3 is 5.32 Å². The Kier molecular flexibility index (Phi) is 19.0. The van der Waals surface area contributed by atoms with E-state index in [0.717, 1.165) is 12.5 Å². The van der Waals surface area contributed by atoms with Crippen LogP contribution in [0, 0.1) is 5.92 Å². The number of unbranched alkanes of at least 4 members (excludes halogenated alkanes) is 1. The molecule has 0 aromatic carbocycles. The molecule has 0 radical (unpaired) electrons. The highest BCUT2D eigenvalue weighted by molar-refractivity contribution is 4.59. The third-order valence-electron chi connectivity index (χ3n) is 2.67. The van der Waals surface area contributed by atoms with Crippen molar-refractivity contribution in [3.63, 3.8) is 0 Å². The molecule has 0 heterocycles. The molecule has 1 heteroatoms. The Bertz CT molecular complexity index is 86.7. The van der Waals surface area contributed by atoms with Gasteiger partial charge >= 0.3 is 0 Å². The largest absolute Gasteiger partial charge is 0.320 e. The molecule has 1 aliphatic carbocycles. The first-order valence-electron chi connectivity index (χ1n) is 6.95. The average Bonchev–Trinajstić information content (AvgIpc) is 2.31. The number of nitrogens with one attached hydrogen (secondary N) is 1. The van der Waals surface area contributed by atoms with Gasteiger partial charge in [-0.25, -0.2) is 0 Å². The first kappa shape index (κ1) is 17.4. The Hall–Kier alpha value is -0.0400. The van der Waals surface area contributed by atoms with E-state index >= 15 is 0 Å². The minimum absolute atomic E-state index is 0. The van der Waals surface area contributed by atoms with Crippen molar-refractivity contribution < 1.29 is 1.43 Å². The van der Waals surface area contributed by atoms with Crippen LogP contribution < -0.4 is 5.32 Å². The zero-order valence-electron chi connectivity index (χ0n) is 11.7. The van der Waals surface area contributed by atoms with Gasteiger partial charge in [0.25, 0.3) is 0 Å². The Balaban J connectivity index is -0.000000175. The summed E-state index contributed by atoms with van der Waals surface area (Å²) in [7, 11) is 1.98. The van der Waals surface area contributed by atoms with Crippen molar-refractivity contribution in [2.24, 2.45) is 5.92 Å². The van der Waals surface area contributed by atoms with Crippen LogP contribution in [0.3, 0.4) is 0 Å². The second-order valence-electron chi connectivity index (χ2n) is 4.20. The SMILES string of the molecule is CC.CC1CCCCC1.CCCCNC.[HH]. The molecule has 0 spiro atoms. The van der Waals surface area contributed by atoms with Gasteiger partial charge in [0.2, 0.25) is 0 Å². The minimum atomic E-state index is 0. The molecule has 0 aromatic heterocycles. The van der Waals surface area contributed by atoms with Crippen molar-refractivity contribution in [2.75, 3.05) is 13.6 Å². The minimum Gasteiger partial charge on any atom is -0.320 e. The lowest BCUT2D eigenvalue weighted by Gasteiger charge is -2.15. The van der Waals surface area contributed by atoms with Gasteiger partial charge in [0, 0.05) is 1.43 Å². The quantitative estimate of drug-likeness (QED) is 0.665. The van der Waals surface area contributed by atoms with Crippen molar-refractivity contribution in [3.8, 4) is 0 Å². The molecule has 15 heavy (non-hydrogen) atoms. The van der Waals surface area contributed by atoms with Crippen LogP contribution in [0.1, 0.15) is 74.1 Å². The van der Waals surface area contributed by atoms with E-state index in [0.29, 0.717) is 0 Å². The number of hydrogen-bond acceptors (Lipinski definition) is 1. The van der Waals surface area contributed by atoms with Crippen LogP contribution in [0.5, 0.6) is 0 Å². The van der Waals surface area contributed by atoms with Gasteiger partial charge in [-0.3, -0.25) is 0 Å². The normalized spacial score (nSPS) is 15.8. The molecular formula is C14H35N. The molecule has 0 atom stereocenters. The number of rotatable bonds is 3. The molecule has 1 nitrogen and oxygen atoms in total. The van der Waals surface area contributed by atoms with E-state index in [9.17, 15) is 0 Å². The molecule has 1 aliphatic rings. The van der Waals surface area contributed by atoms with Gasteiger partial charge in [0.15, 0.2) is 0 Å². The van der Waals surface area contributed by atoms with Gasteiger partial charge in [-0.05, 0) is 25.9 Å². The van der Waals surface area contributed by atoms with E-state index in [1.165, 1.54) is 44.9 Å². The van der Waals surface area contributed by atoms with Crippen LogP contribution in [0.2, 0.25) is 0 Å². The fourth-order valence-electron chi connectivity index (χ4n) is 1.66. The predicted octanol–water partition coefficient (Wildman–Crippen LogP) is 4.86. The summed E-state index contributed by atoms with van der Waals surface area (Å²) in [6.07, 6.45) is 10.0. The molecule has 1 saturated carbocycles. The summed E-state index contributed by atoms with van der Waals surface area (Å²) in [6, 6.07) is 0. The highest BCUT2D eigenvalue weighted by atomic mass is 14.8. The summed E-state index contributed by atoms with van der Waals surface area (Å²) in [5.41, 5.74) is 0. The van der Waals surface area contributed by atoms with Crippen LogP contribution in [0.15, 0.2) is 0 Å². The summed E-state index contributed by atoms with van der Waals surface area (Å²) in [5.74, 6) is 1.04. The standard InChI is InChI=1S/C7H14.C5H13N.C2H6.H2/c1-7-5-3-2-4-6-7;1-3-4-5-6-2;1-2;/h7H,2-6H2,1H3;6H,3-5H2,1-2H3;1-2H3;1H. The summed E-state index contributed by atoms with van der Waals surface area (Å²) >= 11 is 0. The number of hydrogen-bond donors (Lipinski definition) is 1. The average molecular weight is 217 g/mol. The lowest BCUT2D eigenvalue weighted by molar-refractivity contribution is 0.385. The molecule has 0 aliphatic heterocycles. The molecule has 0 unspecified atom stereocenters. The van der Waals surface area contributed by atoms with Crippen molar-refractivity contribution in [2.45, 2.75) is 72.6 Å². The lowest BCUT2D eigenvalue weighted by Crippen LogP contribution is -2.06. The van der Waals surface area contributed by atoms with Gasteiger partial charge in [-0.1, -0.05) is 66.2 Å². The molecule has 0 saturated heterocycles. The smallest absolute Gasteiger partial charge is 0 e. The Labute approximate surface area is 99.5 Å². The Morgan fingerprint density at radius 3 is 1.87 bits per heavy atom. The summed E-state index contributed by atoms with van der Waals surface area (Å²) in [4.78, 5) is 0. The summed E-state index contributed by atoms with van der Waals surface area (Å²) in [6.45, 7) is 9.72. The molecule has 0 bridgehead atoms. The topological polar surface area (TPSA) is 12.0 Å². The van der Waals surface area contributed by atoms with Gasteiger partial charge in [0.05, 0.1) is 0 Å². The molecule has 0 aromatic rings. The predicted molar refractivity (Wildman–Crippen MR) is 74.5 cm³/mol. The summed E-state index contributed by atoms with van der Waals surface area (Å²) in [5, 5.41) is 3.07. The second-order valence-corrected chi connectivity index (χ2v) is 4.20. The molecule has 1 fully saturated rings. The highest BCUT2D eigenvalue weighted by Crippen LogP contribution is 2.22. The third-order valence-corrected chi connectivity index (χ3v) is 2.67. The van der Waals surface area contributed by atoms with Crippen LogP contribution in [-0.2, 0) is 0 Å². The molecule has 1 rings (SSSR count). The van der Waals surface area contributed by atoms with Crippen molar-refractivity contribution in [3.05, 3.63) is 0 Å². The van der Waals surface area contributed by atoms with Gasteiger partial charge in [0.1, 0.15) is 0 Å². The molecular weight excluding hydrogens is 182 g/mol. The van der Waals surface area contributed by atoms with E-state index in [2.05, 4.69) is 19.2 Å². The maximum absolute atomic E-state index is 3.07. The molecule has 96 valence electrons. The van der Waals surface area contributed by atoms with E-state index < -0.39 is 0 Å². The molecule has 1 N–H and O–H groups in total. The van der Waals surface area contributed by atoms with E-state index in [-0.39, 0.29) is 1.43 Å². The Morgan fingerprint density at radius 2 is 1.67 bits per heavy atom. The monoisotopic (exact) mass is 217 g/mol. The van der Waals surface area contributed by atoms with Gasteiger partial charge in [-0.15, -0.1) is 0 Å². The fraction of sp³-hybridized carbons (Fsp3) is 1.00. The van der Waals surface area contributed by atoms with Crippen LogP contribution >= 0.6 is 0 Å². The summed E-state index contributed by atoms with van der Waals surface area (Å²) < 4.78 is 0. The van der Waals surface area contributed by atoms with Crippen LogP contribution in [-0.4, -0.2) is 13.6 Å². The van der Waals surface area contributed by atoms with Crippen molar-refractivity contribution in [1.82, 2.24) is 5.32 Å². The third kappa shape index (κ3) is 16.6. The molecule has 0 amide bonds. The van der Waals surface area contributed by atoms with E-state index in [1.807, 2.05) is 20.9 Å². The lowest BCUT2D eigenvalue weighted by atomic mass is 9.91.